The average Bonchev–Trinajstić information content (AvgIpc) is 2.22. The van der Waals surface area contributed by atoms with Crippen molar-refractivity contribution in [1.29, 1.82) is 0 Å². The summed E-state index contributed by atoms with van der Waals surface area (Å²) in [5, 5.41) is 2.96. The molecule has 16 heavy (non-hydrogen) atoms. The first-order chi connectivity index (χ1) is 7.63. The summed E-state index contributed by atoms with van der Waals surface area (Å²) < 4.78 is 37.0. The molecule has 1 saturated heterocycles. The maximum absolute atomic E-state index is 13.8. The molecule has 0 saturated carbocycles. The van der Waals surface area contributed by atoms with E-state index < -0.39 is 17.2 Å². The van der Waals surface area contributed by atoms with Gasteiger partial charge < -0.3 is 14.8 Å². The molecule has 1 aliphatic heterocycles. The third kappa shape index (κ3) is 1.56. The second-order valence-electron chi connectivity index (χ2n) is 3.79. The van der Waals surface area contributed by atoms with Crippen LogP contribution in [0, 0.1) is 11.6 Å². The molecule has 0 unspecified atom stereocenters. The van der Waals surface area contributed by atoms with E-state index in [0.717, 1.165) is 12.1 Å². The molecule has 1 aromatic rings. The van der Waals surface area contributed by atoms with Crippen molar-refractivity contribution in [3.05, 3.63) is 29.3 Å². The van der Waals surface area contributed by atoms with E-state index >= 15 is 0 Å². The summed E-state index contributed by atoms with van der Waals surface area (Å²) in [5.41, 5.74) is -0.337. The Kier molecular flexibility index (Phi) is 2.82. The van der Waals surface area contributed by atoms with Gasteiger partial charge >= 0.3 is 0 Å². The van der Waals surface area contributed by atoms with E-state index in [9.17, 15) is 8.78 Å². The first-order valence-corrected chi connectivity index (χ1v) is 4.93. The minimum absolute atomic E-state index is 0.0901. The second kappa shape index (κ2) is 3.99. The Balaban J connectivity index is 2.45. The zero-order valence-electron chi connectivity index (χ0n) is 9.14. The minimum Gasteiger partial charge on any atom is -0.494 e. The van der Waals surface area contributed by atoms with Crippen LogP contribution in [0.15, 0.2) is 12.1 Å². The summed E-state index contributed by atoms with van der Waals surface area (Å²) in [7, 11) is 3.00. The summed E-state index contributed by atoms with van der Waals surface area (Å²) in [4.78, 5) is 0. The van der Waals surface area contributed by atoms with Gasteiger partial charge in [-0.2, -0.15) is 0 Å². The lowest BCUT2D eigenvalue weighted by Gasteiger charge is -2.41. The molecule has 5 heteroatoms. The topological polar surface area (TPSA) is 30.5 Å². The van der Waals surface area contributed by atoms with Crippen LogP contribution in [-0.4, -0.2) is 27.4 Å². The van der Waals surface area contributed by atoms with Gasteiger partial charge in [0.15, 0.2) is 11.6 Å². The standard InChI is InChI=1S/C11H13F2NO2/c1-14-11(5-16-6-11)7-3-9(13)10(15-2)4-8(7)12/h3-4,14H,5-6H2,1-2H3. The van der Waals surface area contributed by atoms with Gasteiger partial charge in [-0.15, -0.1) is 0 Å². The van der Waals surface area contributed by atoms with Gasteiger partial charge in [-0.05, 0) is 13.1 Å². The predicted octanol–water partition coefficient (Wildman–Crippen LogP) is 1.42. The van der Waals surface area contributed by atoms with Crippen molar-refractivity contribution >= 4 is 0 Å². The first-order valence-electron chi connectivity index (χ1n) is 4.93. The summed E-state index contributed by atoms with van der Waals surface area (Å²) in [5.74, 6) is -1.15. The highest BCUT2D eigenvalue weighted by atomic mass is 19.1. The van der Waals surface area contributed by atoms with Crippen molar-refractivity contribution in [2.75, 3.05) is 27.4 Å². The quantitative estimate of drug-likeness (QED) is 0.850. The molecule has 3 nitrogen and oxygen atoms in total. The lowest BCUT2D eigenvalue weighted by molar-refractivity contribution is -0.0765. The maximum Gasteiger partial charge on any atom is 0.165 e. The molecule has 1 fully saturated rings. The van der Waals surface area contributed by atoms with E-state index in [2.05, 4.69) is 5.32 Å². The maximum atomic E-state index is 13.8. The zero-order chi connectivity index (χ0) is 11.8. The number of nitrogens with one attached hydrogen (secondary N) is 1. The molecule has 88 valence electrons. The third-order valence-electron chi connectivity index (χ3n) is 2.93. The van der Waals surface area contributed by atoms with Gasteiger partial charge in [-0.25, -0.2) is 8.78 Å². The number of likely N-dealkylation sites (N-methyl/N-ethyl adjacent to an activating group) is 1. The van der Waals surface area contributed by atoms with Crippen molar-refractivity contribution in [3.63, 3.8) is 0 Å². The molecular weight excluding hydrogens is 216 g/mol. The fourth-order valence-corrected chi connectivity index (χ4v) is 1.79. The normalized spacial score (nSPS) is 18.0. The van der Waals surface area contributed by atoms with Crippen LogP contribution in [-0.2, 0) is 10.3 Å². The molecule has 0 amide bonds. The predicted molar refractivity (Wildman–Crippen MR) is 54.5 cm³/mol. The third-order valence-corrected chi connectivity index (χ3v) is 2.93. The fraction of sp³-hybridized carbons (Fsp3) is 0.455. The molecule has 0 aromatic heterocycles. The number of rotatable bonds is 3. The Morgan fingerprint density at radius 2 is 2.00 bits per heavy atom. The van der Waals surface area contributed by atoms with Crippen LogP contribution in [0.1, 0.15) is 5.56 Å². The summed E-state index contributed by atoms with van der Waals surface area (Å²) in [6.45, 7) is 0.679. The molecular formula is C11H13F2NO2. The van der Waals surface area contributed by atoms with Crippen molar-refractivity contribution < 1.29 is 18.3 Å². The second-order valence-corrected chi connectivity index (χ2v) is 3.79. The lowest BCUT2D eigenvalue weighted by atomic mass is 9.87. The highest BCUT2D eigenvalue weighted by Gasteiger charge is 2.41. The van der Waals surface area contributed by atoms with Gasteiger partial charge in [-0.3, -0.25) is 0 Å². The Labute approximate surface area is 92.4 Å². The number of hydrogen-bond acceptors (Lipinski definition) is 3. The van der Waals surface area contributed by atoms with Crippen LogP contribution in [0.25, 0.3) is 0 Å². The molecule has 0 spiro atoms. The van der Waals surface area contributed by atoms with Crippen molar-refractivity contribution in [1.82, 2.24) is 5.32 Å². The van der Waals surface area contributed by atoms with E-state index in [4.69, 9.17) is 9.47 Å². The van der Waals surface area contributed by atoms with Gasteiger partial charge in [0.25, 0.3) is 0 Å². The number of ether oxygens (including phenoxy) is 2. The lowest BCUT2D eigenvalue weighted by Crippen LogP contribution is -2.56. The SMILES string of the molecule is CNC1(c2cc(F)c(OC)cc2F)COC1. The molecule has 1 N–H and O–H groups in total. The molecule has 1 heterocycles. The fourth-order valence-electron chi connectivity index (χ4n) is 1.79. The highest BCUT2D eigenvalue weighted by molar-refractivity contribution is 5.36. The van der Waals surface area contributed by atoms with Crippen molar-refractivity contribution in [3.8, 4) is 5.75 Å². The van der Waals surface area contributed by atoms with Crippen LogP contribution in [0.3, 0.4) is 0 Å². The zero-order valence-corrected chi connectivity index (χ0v) is 9.14. The van der Waals surface area contributed by atoms with E-state index in [-0.39, 0.29) is 11.3 Å². The van der Waals surface area contributed by atoms with Gasteiger partial charge in [-0.1, -0.05) is 0 Å². The number of halogens is 2. The summed E-state index contributed by atoms with van der Waals surface area (Å²) >= 11 is 0. The van der Waals surface area contributed by atoms with Crippen LogP contribution in [0.2, 0.25) is 0 Å². The molecule has 0 aliphatic carbocycles. The van der Waals surface area contributed by atoms with Crippen LogP contribution < -0.4 is 10.1 Å². The monoisotopic (exact) mass is 229 g/mol. The molecule has 2 rings (SSSR count). The van der Waals surface area contributed by atoms with Crippen LogP contribution in [0.4, 0.5) is 8.78 Å². The van der Waals surface area contributed by atoms with Crippen molar-refractivity contribution in [2.24, 2.45) is 0 Å². The molecule has 0 bridgehead atoms. The first kappa shape index (κ1) is 11.3. The Hall–Kier alpha value is -1.20. The van der Waals surface area contributed by atoms with Gasteiger partial charge in [0.05, 0.1) is 25.9 Å². The number of methoxy groups -OCH3 is 1. The van der Waals surface area contributed by atoms with E-state index in [1.165, 1.54) is 7.11 Å². The number of hydrogen-bond donors (Lipinski definition) is 1. The van der Waals surface area contributed by atoms with Gasteiger partial charge in [0.2, 0.25) is 0 Å². The van der Waals surface area contributed by atoms with Gasteiger partial charge in [0.1, 0.15) is 5.82 Å². The Morgan fingerprint density at radius 3 is 2.44 bits per heavy atom. The molecule has 0 radical (unpaired) electrons. The largest absolute Gasteiger partial charge is 0.494 e. The Morgan fingerprint density at radius 1 is 1.31 bits per heavy atom. The molecule has 0 atom stereocenters. The van der Waals surface area contributed by atoms with Crippen LogP contribution in [0.5, 0.6) is 5.75 Å². The summed E-state index contributed by atoms with van der Waals surface area (Å²) in [6, 6.07) is 2.22. The average molecular weight is 229 g/mol. The molecule has 1 aliphatic rings. The van der Waals surface area contributed by atoms with E-state index in [1.807, 2.05) is 0 Å². The smallest absolute Gasteiger partial charge is 0.165 e. The van der Waals surface area contributed by atoms with Crippen molar-refractivity contribution in [2.45, 2.75) is 5.54 Å². The van der Waals surface area contributed by atoms with E-state index in [1.54, 1.807) is 7.05 Å². The van der Waals surface area contributed by atoms with E-state index in [0.29, 0.717) is 13.2 Å². The number of benzene rings is 1. The summed E-state index contributed by atoms with van der Waals surface area (Å²) in [6.07, 6.45) is 0. The minimum atomic E-state index is -0.614. The highest BCUT2D eigenvalue weighted by Crippen LogP contribution is 2.33. The molecule has 1 aromatic carbocycles. The Bertz CT molecular complexity index is 400. The van der Waals surface area contributed by atoms with Crippen LogP contribution >= 0.6 is 0 Å². The van der Waals surface area contributed by atoms with Gasteiger partial charge in [0, 0.05) is 11.6 Å².